The minimum atomic E-state index is -0.383. The van der Waals surface area contributed by atoms with E-state index in [9.17, 15) is 4.39 Å². The van der Waals surface area contributed by atoms with Crippen molar-refractivity contribution in [2.75, 3.05) is 0 Å². The average molecular weight is 313 g/mol. The normalized spacial score (nSPS) is 26.0. The van der Waals surface area contributed by atoms with E-state index in [4.69, 9.17) is 9.47 Å². The summed E-state index contributed by atoms with van der Waals surface area (Å²) in [5.41, 5.74) is 0. The highest BCUT2D eigenvalue weighted by molar-refractivity contribution is 5.38. The summed E-state index contributed by atoms with van der Waals surface area (Å²) in [4.78, 5) is 0. The van der Waals surface area contributed by atoms with Gasteiger partial charge in [0, 0.05) is 18.2 Å². The van der Waals surface area contributed by atoms with Crippen molar-refractivity contribution in [1.82, 2.24) is 5.32 Å². The first-order valence-electron chi connectivity index (χ1n) is 8.21. The standard InChI is InChI=1S/C19H20FNO2/c20-18-9-8-16(12-19(18)23-15-4-2-1-3-5-15)22-17-10-13-6-7-14(11-17)21-13/h1-5,8-9,12-14,17,21H,6-7,10-11H2. The Hall–Kier alpha value is -2.07. The van der Waals surface area contributed by atoms with Gasteiger partial charge in [-0.05, 0) is 49.9 Å². The zero-order valence-corrected chi connectivity index (χ0v) is 12.9. The van der Waals surface area contributed by atoms with E-state index in [-0.39, 0.29) is 17.7 Å². The molecule has 0 aliphatic carbocycles. The maximum Gasteiger partial charge on any atom is 0.166 e. The Kier molecular flexibility index (Phi) is 3.92. The van der Waals surface area contributed by atoms with Gasteiger partial charge in [0.25, 0.3) is 0 Å². The van der Waals surface area contributed by atoms with E-state index < -0.39 is 0 Å². The summed E-state index contributed by atoms with van der Waals surface area (Å²) in [5, 5.41) is 3.59. The highest BCUT2D eigenvalue weighted by Crippen LogP contribution is 2.32. The minimum absolute atomic E-state index is 0.198. The summed E-state index contributed by atoms with van der Waals surface area (Å²) in [6, 6.07) is 15.1. The van der Waals surface area contributed by atoms with E-state index in [1.54, 1.807) is 24.3 Å². The van der Waals surface area contributed by atoms with Gasteiger partial charge in [-0.1, -0.05) is 18.2 Å². The number of rotatable bonds is 4. The number of halogens is 1. The summed E-state index contributed by atoms with van der Waals surface area (Å²) < 4.78 is 25.7. The van der Waals surface area contributed by atoms with Crippen molar-refractivity contribution in [2.24, 2.45) is 0 Å². The lowest BCUT2D eigenvalue weighted by Gasteiger charge is -2.29. The van der Waals surface area contributed by atoms with Crippen LogP contribution in [-0.4, -0.2) is 18.2 Å². The first-order valence-corrected chi connectivity index (χ1v) is 8.21. The molecule has 120 valence electrons. The smallest absolute Gasteiger partial charge is 0.166 e. The fourth-order valence-corrected chi connectivity index (χ4v) is 3.54. The van der Waals surface area contributed by atoms with Crippen LogP contribution in [0.3, 0.4) is 0 Å². The van der Waals surface area contributed by atoms with Crippen molar-refractivity contribution < 1.29 is 13.9 Å². The molecular weight excluding hydrogens is 293 g/mol. The summed E-state index contributed by atoms with van der Waals surface area (Å²) in [6.45, 7) is 0. The maximum absolute atomic E-state index is 14.0. The van der Waals surface area contributed by atoms with Gasteiger partial charge in [0.2, 0.25) is 0 Å². The number of hydrogen-bond acceptors (Lipinski definition) is 3. The van der Waals surface area contributed by atoms with Crippen molar-refractivity contribution in [3.05, 3.63) is 54.3 Å². The molecule has 2 fully saturated rings. The van der Waals surface area contributed by atoms with Crippen molar-refractivity contribution in [1.29, 1.82) is 0 Å². The Morgan fingerprint density at radius 3 is 2.39 bits per heavy atom. The quantitative estimate of drug-likeness (QED) is 0.914. The molecule has 4 rings (SSSR count). The van der Waals surface area contributed by atoms with E-state index in [0.29, 0.717) is 23.6 Å². The summed E-state index contributed by atoms with van der Waals surface area (Å²) in [6.07, 6.45) is 4.70. The second-order valence-corrected chi connectivity index (χ2v) is 6.36. The van der Waals surface area contributed by atoms with Gasteiger partial charge in [0.1, 0.15) is 17.6 Å². The van der Waals surface area contributed by atoms with Gasteiger partial charge in [-0.15, -0.1) is 0 Å². The molecular formula is C19H20FNO2. The molecule has 0 radical (unpaired) electrons. The molecule has 23 heavy (non-hydrogen) atoms. The van der Waals surface area contributed by atoms with E-state index >= 15 is 0 Å². The molecule has 0 aromatic heterocycles. The molecule has 2 aromatic rings. The van der Waals surface area contributed by atoms with Gasteiger partial charge in [0.15, 0.2) is 11.6 Å². The molecule has 2 heterocycles. The predicted octanol–water partition coefficient (Wildman–Crippen LogP) is 4.28. The van der Waals surface area contributed by atoms with E-state index in [0.717, 1.165) is 12.8 Å². The highest BCUT2D eigenvalue weighted by atomic mass is 19.1. The first-order chi connectivity index (χ1) is 11.3. The zero-order valence-electron chi connectivity index (χ0n) is 12.9. The number of fused-ring (bicyclic) bond motifs is 2. The largest absolute Gasteiger partial charge is 0.490 e. The second-order valence-electron chi connectivity index (χ2n) is 6.36. The monoisotopic (exact) mass is 313 g/mol. The van der Waals surface area contributed by atoms with Crippen molar-refractivity contribution in [3.63, 3.8) is 0 Å². The Morgan fingerprint density at radius 1 is 0.913 bits per heavy atom. The van der Waals surface area contributed by atoms with E-state index in [1.165, 1.54) is 18.9 Å². The molecule has 2 atom stereocenters. The third-order valence-corrected chi connectivity index (χ3v) is 4.61. The SMILES string of the molecule is Fc1ccc(OC2CC3CCC(C2)N3)cc1Oc1ccccc1. The molecule has 2 aromatic carbocycles. The molecule has 2 aliphatic heterocycles. The van der Waals surface area contributed by atoms with Gasteiger partial charge in [-0.2, -0.15) is 0 Å². The number of para-hydroxylation sites is 1. The van der Waals surface area contributed by atoms with E-state index in [2.05, 4.69) is 5.32 Å². The summed E-state index contributed by atoms with van der Waals surface area (Å²) in [7, 11) is 0. The lowest BCUT2D eigenvalue weighted by Crippen LogP contribution is -2.42. The van der Waals surface area contributed by atoms with Gasteiger partial charge in [0.05, 0.1) is 0 Å². The van der Waals surface area contributed by atoms with Crippen LogP contribution in [0.1, 0.15) is 25.7 Å². The molecule has 2 aliphatic rings. The van der Waals surface area contributed by atoms with Crippen LogP contribution >= 0.6 is 0 Å². The zero-order chi connectivity index (χ0) is 15.6. The molecule has 0 spiro atoms. The Balaban J connectivity index is 1.48. The van der Waals surface area contributed by atoms with Crippen LogP contribution in [0, 0.1) is 5.82 Å². The molecule has 2 saturated heterocycles. The molecule has 2 bridgehead atoms. The van der Waals surface area contributed by atoms with Crippen molar-refractivity contribution >= 4 is 0 Å². The van der Waals surface area contributed by atoms with Crippen LogP contribution in [0.5, 0.6) is 17.2 Å². The first kappa shape index (κ1) is 14.5. The second kappa shape index (κ2) is 6.20. The van der Waals surface area contributed by atoms with Gasteiger partial charge >= 0.3 is 0 Å². The van der Waals surface area contributed by atoms with Gasteiger partial charge in [-0.25, -0.2) is 4.39 Å². The predicted molar refractivity (Wildman–Crippen MR) is 86.5 cm³/mol. The lowest BCUT2D eigenvalue weighted by atomic mass is 10.0. The van der Waals surface area contributed by atoms with Gasteiger partial charge in [-0.3, -0.25) is 0 Å². The topological polar surface area (TPSA) is 30.5 Å². The third-order valence-electron chi connectivity index (χ3n) is 4.61. The minimum Gasteiger partial charge on any atom is -0.490 e. The Labute approximate surface area is 135 Å². The fourth-order valence-electron chi connectivity index (χ4n) is 3.54. The number of piperidine rings is 1. The molecule has 0 amide bonds. The van der Waals surface area contributed by atoms with Crippen LogP contribution in [0.15, 0.2) is 48.5 Å². The number of nitrogens with one attached hydrogen (secondary N) is 1. The number of ether oxygens (including phenoxy) is 2. The fraction of sp³-hybridized carbons (Fsp3) is 0.368. The number of benzene rings is 2. The summed E-state index contributed by atoms with van der Waals surface area (Å²) in [5.74, 6) is 1.10. The third kappa shape index (κ3) is 3.32. The van der Waals surface area contributed by atoms with E-state index in [1.807, 2.05) is 18.2 Å². The van der Waals surface area contributed by atoms with Crippen molar-refractivity contribution in [3.8, 4) is 17.2 Å². The number of hydrogen-bond donors (Lipinski definition) is 1. The molecule has 3 nitrogen and oxygen atoms in total. The Morgan fingerprint density at radius 2 is 1.65 bits per heavy atom. The van der Waals surface area contributed by atoms with Gasteiger partial charge < -0.3 is 14.8 Å². The maximum atomic E-state index is 14.0. The van der Waals surface area contributed by atoms with Crippen LogP contribution in [-0.2, 0) is 0 Å². The molecule has 0 saturated carbocycles. The van der Waals surface area contributed by atoms with Crippen molar-refractivity contribution in [2.45, 2.75) is 43.9 Å². The average Bonchev–Trinajstić information content (AvgIpc) is 2.90. The van der Waals surface area contributed by atoms with Crippen LogP contribution in [0.4, 0.5) is 4.39 Å². The Bertz CT molecular complexity index is 664. The molecule has 1 N–H and O–H groups in total. The highest BCUT2D eigenvalue weighted by Gasteiger charge is 2.34. The molecule has 4 heteroatoms. The summed E-state index contributed by atoms with van der Waals surface area (Å²) >= 11 is 0. The van der Waals surface area contributed by atoms with Crippen LogP contribution in [0.25, 0.3) is 0 Å². The van der Waals surface area contributed by atoms with Crippen LogP contribution < -0.4 is 14.8 Å². The lowest BCUT2D eigenvalue weighted by molar-refractivity contribution is 0.137. The van der Waals surface area contributed by atoms with Crippen LogP contribution in [0.2, 0.25) is 0 Å². The molecule has 2 unspecified atom stereocenters.